The maximum absolute atomic E-state index is 12.5. The first-order valence-corrected chi connectivity index (χ1v) is 5.58. The van der Waals surface area contributed by atoms with Crippen molar-refractivity contribution in [3.63, 3.8) is 0 Å². The van der Waals surface area contributed by atoms with Gasteiger partial charge in [0.2, 0.25) is 5.89 Å². The number of alkyl halides is 4. The van der Waals surface area contributed by atoms with Crippen LogP contribution in [0, 0.1) is 0 Å². The van der Waals surface area contributed by atoms with Gasteiger partial charge < -0.3 is 14.4 Å². The van der Waals surface area contributed by atoms with Crippen LogP contribution in [0.5, 0.6) is 0 Å². The number of nitrogens with zero attached hydrogens (tertiary/aromatic N) is 2. The Morgan fingerprint density at radius 1 is 1.42 bits per heavy atom. The largest absolute Gasteiger partial charge is 0.393 e. The topological polar surface area (TPSA) is 68.4 Å². The molecular weight excluding hydrogens is 272 g/mol. The van der Waals surface area contributed by atoms with E-state index in [1.807, 2.05) is 0 Å². The third-order valence-corrected chi connectivity index (χ3v) is 2.24. The highest BCUT2D eigenvalue weighted by atomic mass is 19.3. The van der Waals surface area contributed by atoms with Crippen LogP contribution in [0.2, 0.25) is 0 Å². The van der Waals surface area contributed by atoms with Crippen LogP contribution in [-0.4, -0.2) is 40.3 Å². The van der Waals surface area contributed by atoms with E-state index < -0.39 is 31.7 Å². The number of aromatic nitrogens is 2. The number of ether oxygens (including phenoxy) is 1. The van der Waals surface area contributed by atoms with Gasteiger partial charge in [0.1, 0.15) is 13.2 Å². The predicted molar refractivity (Wildman–Crippen MR) is 54.9 cm³/mol. The molecule has 5 nitrogen and oxygen atoms in total. The first-order chi connectivity index (χ1) is 8.85. The summed E-state index contributed by atoms with van der Waals surface area (Å²) in [6.45, 7) is -0.127. The maximum atomic E-state index is 12.5. The van der Waals surface area contributed by atoms with E-state index in [0.29, 0.717) is 6.42 Å². The number of rotatable bonds is 8. The molecule has 1 heterocycles. The zero-order valence-corrected chi connectivity index (χ0v) is 10.2. The number of hydrogen-bond donors (Lipinski definition) is 1. The summed E-state index contributed by atoms with van der Waals surface area (Å²) in [5, 5.41) is 12.7. The summed E-state index contributed by atoms with van der Waals surface area (Å²) in [5.74, 6) is -4.11. The van der Waals surface area contributed by atoms with Crippen LogP contribution < -0.4 is 0 Å². The molecule has 0 amide bonds. The molecule has 1 rings (SSSR count). The first-order valence-electron chi connectivity index (χ1n) is 5.58. The van der Waals surface area contributed by atoms with Gasteiger partial charge in [-0.3, -0.25) is 0 Å². The molecule has 0 saturated heterocycles. The van der Waals surface area contributed by atoms with E-state index >= 15 is 0 Å². The summed E-state index contributed by atoms with van der Waals surface area (Å²) < 4.78 is 57.8. The Hall–Kier alpha value is -1.22. The number of aliphatic hydroxyl groups is 1. The third kappa shape index (κ3) is 5.11. The van der Waals surface area contributed by atoms with Crippen molar-refractivity contribution in [1.29, 1.82) is 0 Å². The van der Waals surface area contributed by atoms with Crippen LogP contribution in [0.25, 0.3) is 0 Å². The quantitative estimate of drug-likeness (QED) is 0.738. The van der Waals surface area contributed by atoms with Crippen molar-refractivity contribution in [2.45, 2.75) is 44.8 Å². The summed E-state index contributed by atoms with van der Waals surface area (Å²) >= 11 is 0. The lowest BCUT2D eigenvalue weighted by atomic mass is 10.2. The minimum Gasteiger partial charge on any atom is -0.393 e. The van der Waals surface area contributed by atoms with Gasteiger partial charge in [-0.2, -0.15) is 13.8 Å². The Labute approximate surface area is 106 Å². The Morgan fingerprint density at radius 2 is 2.11 bits per heavy atom. The van der Waals surface area contributed by atoms with Crippen LogP contribution >= 0.6 is 0 Å². The van der Waals surface area contributed by atoms with Crippen LogP contribution in [0.15, 0.2) is 4.52 Å². The minimum atomic E-state index is -4.20. The average Bonchev–Trinajstić information content (AvgIpc) is 2.76. The molecule has 1 atom stereocenters. The van der Waals surface area contributed by atoms with Crippen LogP contribution in [0.1, 0.15) is 25.1 Å². The second-order valence-corrected chi connectivity index (χ2v) is 3.93. The van der Waals surface area contributed by atoms with E-state index in [4.69, 9.17) is 4.52 Å². The van der Waals surface area contributed by atoms with Crippen molar-refractivity contribution in [2.24, 2.45) is 0 Å². The summed E-state index contributed by atoms with van der Waals surface area (Å²) in [6, 6.07) is 0. The van der Waals surface area contributed by atoms with Gasteiger partial charge in [-0.25, -0.2) is 8.78 Å². The van der Waals surface area contributed by atoms with Crippen molar-refractivity contribution in [3.8, 4) is 0 Å². The lowest BCUT2D eigenvalue weighted by Gasteiger charge is -2.14. The Morgan fingerprint density at radius 3 is 2.68 bits per heavy atom. The number of hydrogen-bond acceptors (Lipinski definition) is 5. The number of halogens is 4. The summed E-state index contributed by atoms with van der Waals surface area (Å²) in [6.07, 6.45) is -3.80. The van der Waals surface area contributed by atoms with Gasteiger partial charge in [-0.15, -0.1) is 0 Å². The molecule has 0 aliphatic heterocycles. The van der Waals surface area contributed by atoms with Gasteiger partial charge in [0.15, 0.2) is 5.82 Å². The van der Waals surface area contributed by atoms with Gasteiger partial charge in [0, 0.05) is 0 Å². The molecule has 0 bridgehead atoms. The second-order valence-electron chi connectivity index (χ2n) is 3.93. The van der Waals surface area contributed by atoms with Crippen LogP contribution in [0.4, 0.5) is 17.6 Å². The van der Waals surface area contributed by atoms with E-state index in [2.05, 4.69) is 14.9 Å². The average molecular weight is 286 g/mol. The fraction of sp³-hybridized carbons (Fsp3) is 0.800. The van der Waals surface area contributed by atoms with E-state index in [0.717, 1.165) is 0 Å². The van der Waals surface area contributed by atoms with Crippen molar-refractivity contribution < 1.29 is 31.9 Å². The van der Waals surface area contributed by atoms with E-state index in [1.165, 1.54) is 0 Å². The molecule has 0 spiro atoms. The van der Waals surface area contributed by atoms with E-state index in [9.17, 15) is 22.7 Å². The molecular formula is C10H14F4N2O3. The first kappa shape index (κ1) is 15.8. The molecule has 19 heavy (non-hydrogen) atoms. The lowest BCUT2D eigenvalue weighted by Crippen LogP contribution is -2.32. The summed E-state index contributed by atoms with van der Waals surface area (Å²) in [5.41, 5.74) is 0. The van der Waals surface area contributed by atoms with Gasteiger partial charge >= 0.3 is 12.3 Å². The van der Waals surface area contributed by atoms with E-state index in [-0.39, 0.29) is 18.1 Å². The van der Waals surface area contributed by atoms with Crippen molar-refractivity contribution in [3.05, 3.63) is 11.7 Å². The Kier molecular flexibility index (Phi) is 5.67. The van der Waals surface area contributed by atoms with Crippen molar-refractivity contribution in [2.75, 3.05) is 6.61 Å². The van der Waals surface area contributed by atoms with Gasteiger partial charge in [0.05, 0.1) is 12.5 Å². The SMILES string of the molecule is CCC(O)Cc1nc(COCC(F)(F)C(F)F)no1. The smallest absolute Gasteiger partial charge is 0.330 e. The Bertz CT molecular complexity index is 387. The van der Waals surface area contributed by atoms with Crippen LogP contribution in [-0.2, 0) is 17.8 Å². The van der Waals surface area contributed by atoms with Gasteiger partial charge in [-0.05, 0) is 6.42 Å². The molecule has 1 aromatic heterocycles. The molecule has 110 valence electrons. The monoisotopic (exact) mass is 286 g/mol. The minimum absolute atomic E-state index is 0.0385. The molecule has 9 heteroatoms. The molecule has 0 aromatic carbocycles. The zero-order valence-electron chi connectivity index (χ0n) is 10.2. The van der Waals surface area contributed by atoms with Crippen LogP contribution in [0.3, 0.4) is 0 Å². The highest BCUT2D eigenvalue weighted by Gasteiger charge is 2.41. The zero-order chi connectivity index (χ0) is 14.5. The molecule has 0 saturated carbocycles. The maximum Gasteiger partial charge on any atom is 0.330 e. The normalized spacial score (nSPS) is 14.1. The molecule has 0 radical (unpaired) electrons. The third-order valence-electron chi connectivity index (χ3n) is 2.24. The predicted octanol–water partition coefficient (Wildman–Crippen LogP) is 1.80. The summed E-state index contributed by atoms with van der Waals surface area (Å²) in [4.78, 5) is 3.77. The molecule has 1 N–H and O–H groups in total. The highest BCUT2D eigenvalue weighted by Crippen LogP contribution is 2.23. The molecule has 1 aromatic rings. The van der Waals surface area contributed by atoms with Crippen molar-refractivity contribution >= 4 is 0 Å². The van der Waals surface area contributed by atoms with Crippen molar-refractivity contribution in [1.82, 2.24) is 10.1 Å². The molecule has 0 fully saturated rings. The van der Waals surface area contributed by atoms with E-state index in [1.54, 1.807) is 6.92 Å². The fourth-order valence-corrected chi connectivity index (χ4v) is 1.12. The van der Waals surface area contributed by atoms with Gasteiger partial charge in [0.25, 0.3) is 0 Å². The molecule has 0 aliphatic rings. The molecule has 0 aliphatic carbocycles. The number of aliphatic hydroxyl groups excluding tert-OH is 1. The van der Waals surface area contributed by atoms with Gasteiger partial charge in [-0.1, -0.05) is 12.1 Å². The fourth-order valence-electron chi connectivity index (χ4n) is 1.12. The Balaban J connectivity index is 2.38. The standard InChI is InChI=1S/C10H14F4N2O3/c1-2-6(17)3-8-15-7(16-19-8)4-18-5-10(13,14)9(11)12/h6,9,17H,2-5H2,1H3. The molecule has 1 unspecified atom stereocenters. The second kappa shape index (κ2) is 6.80. The highest BCUT2D eigenvalue weighted by molar-refractivity contribution is 4.86. The lowest BCUT2D eigenvalue weighted by molar-refractivity contribution is -0.168. The summed E-state index contributed by atoms with van der Waals surface area (Å²) in [7, 11) is 0.